The number of esters is 1. The van der Waals surface area contributed by atoms with Crippen molar-refractivity contribution in [3.63, 3.8) is 0 Å². The van der Waals surface area contributed by atoms with Gasteiger partial charge in [0.2, 0.25) is 5.91 Å². The number of rotatable bonds is 6. The van der Waals surface area contributed by atoms with Crippen LogP contribution in [0.25, 0.3) is 0 Å². The summed E-state index contributed by atoms with van der Waals surface area (Å²) in [4.78, 5) is 45.0. The Hall–Kier alpha value is -3.90. The predicted molar refractivity (Wildman–Crippen MR) is 171 cm³/mol. The Balaban J connectivity index is 0.000000680. The first-order chi connectivity index (χ1) is 19.5. The molecule has 14 heteroatoms. The number of carboxylic acids is 1. The minimum Gasteiger partial charge on any atom is -0.480 e. The molecule has 43 heavy (non-hydrogen) atoms. The molecule has 2 aromatic carbocycles. The lowest BCUT2D eigenvalue weighted by atomic mass is 10.1. The van der Waals surface area contributed by atoms with Crippen LogP contribution >= 0.6 is 23.2 Å². The molecule has 0 aliphatic heterocycles. The third kappa shape index (κ3) is 18.3. The summed E-state index contributed by atoms with van der Waals surface area (Å²) in [7, 11) is 0. The smallest absolute Gasteiger partial charge is 0.408 e. The van der Waals surface area contributed by atoms with E-state index in [0.29, 0.717) is 32.8 Å². The highest BCUT2D eigenvalue weighted by atomic mass is 35.5. The number of anilines is 4. The zero-order valence-electron chi connectivity index (χ0n) is 25.7. The second-order valence-corrected chi connectivity index (χ2v) is 12.3. The number of aliphatic carboxylic acids is 1. The van der Waals surface area contributed by atoms with Gasteiger partial charge in [-0.3, -0.25) is 14.4 Å². The van der Waals surface area contributed by atoms with Gasteiger partial charge < -0.3 is 42.4 Å². The van der Waals surface area contributed by atoms with Crippen LogP contribution in [0.3, 0.4) is 0 Å². The third-order valence-corrected chi connectivity index (χ3v) is 5.23. The number of carbonyl (C=O) groups is 4. The van der Waals surface area contributed by atoms with Crippen molar-refractivity contribution >= 4 is 69.9 Å². The van der Waals surface area contributed by atoms with Crippen molar-refractivity contribution in [3.05, 3.63) is 46.4 Å². The lowest BCUT2D eigenvalue weighted by Crippen LogP contribution is -2.41. The number of benzene rings is 2. The van der Waals surface area contributed by atoms with E-state index in [-0.39, 0.29) is 12.3 Å². The molecule has 12 nitrogen and oxygen atoms in total. The van der Waals surface area contributed by atoms with E-state index >= 15 is 0 Å². The highest BCUT2D eigenvalue weighted by molar-refractivity contribution is 6.31. The first-order valence-corrected chi connectivity index (χ1v) is 13.9. The summed E-state index contributed by atoms with van der Waals surface area (Å²) < 4.78 is 10.0. The number of ether oxygens (including phenoxy) is 2. The number of carboxylic acid groups (broad SMARTS) is 1. The van der Waals surface area contributed by atoms with Crippen molar-refractivity contribution in [2.24, 2.45) is 5.92 Å². The van der Waals surface area contributed by atoms with Crippen LogP contribution in [0, 0.1) is 5.92 Å². The van der Waals surface area contributed by atoms with E-state index in [1.54, 1.807) is 84.9 Å². The fraction of sp³-hybridized carbons (Fsp3) is 0.448. The van der Waals surface area contributed by atoms with Gasteiger partial charge in [-0.1, -0.05) is 30.1 Å². The molecule has 0 fully saturated rings. The van der Waals surface area contributed by atoms with Crippen LogP contribution in [0.4, 0.5) is 27.5 Å². The number of alkyl carbamates (subject to hydrolysis) is 1. The predicted octanol–water partition coefficient (Wildman–Crippen LogP) is 5.72. The van der Waals surface area contributed by atoms with Gasteiger partial charge >= 0.3 is 18.0 Å². The fourth-order valence-electron chi connectivity index (χ4n) is 2.72. The van der Waals surface area contributed by atoms with Crippen LogP contribution in [0.15, 0.2) is 36.4 Å². The van der Waals surface area contributed by atoms with Gasteiger partial charge in [0.1, 0.15) is 17.2 Å². The molecule has 0 saturated heterocycles. The second kappa shape index (κ2) is 17.3. The average Bonchev–Trinajstić information content (AvgIpc) is 2.81. The molecule has 2 atom stereocenters. The second-order valence-electron chi connectivity index (χ2n) is 11.4. The number of nitrogens with one attached hydrogen (secondary N) is 2. The van der Waals surface area contributed by atoms with Crippen molar-refractivity contribution in [2.45, 2.75) is 79.1 Å². The number of nitrogens with two attached hydrogens (primary N) is 3. The molecule has 0 saturated carbocycles. The Labute approximate surface area is 262 Å². The van der Waals surface area contributed by atoms with Gasteiger partial charge in [0.25, 0.3) is 0 Å². The molecule has 240 valence electrons. The van der Waals surface area contributed by atoms with Gasteiger partial charge in [-0.2, -0.15) is 0 Å². The van der Waals surface area contributed by atoms with Crippen molar-refractivity contribution in [1.29, 1.82) is 0 Å². The zero-order chi connectivity index (χ0) is 33.7. The highest BCUT2D eigenvalue weighted by Gasteiger charge is 2.23. The fourth-order valence-corrected chi connectivity index (χ4v) is 3.08. The molecular weight excluding hydrogens is 601 g/mol. The quantitative estimate of drug-likeness (QED) is 0.166. The Bertz CT molecular complexity index is 1260. The average molecular weight is 645 g/mol. The molecule has 9 N–H and O–H groups in total. The molecule has 0 heterocycles. The Kier molecular flexibility index (Phi) is 15.7. The number of carbonyl (C=O) groups excluding carboxylic acids is 3. The van der Waals surface area contributed by atoms with Gasteiger partial charge in [-0.05, 0) is 84.9 Å². The van der Waals surface area contributed by atoms with Gasteiger partial charge in [0.15, 0.2) is 0 Å². The van der Waals surface area contributed by atoms with Crippen molar-refractivity contribution in [3.8, 4) is 0 Å². The zero-order valence-corrected chi connectivity index (χ0v) is 27.2. The molecule has 2 amide bonds. The van der Waals surface area contributed by atoms with E-state index in [1.165, 1.54) is 6.92 Å². The highest BCUT2D eigenvalue weighted by Crippen LogP contribution is 2.24. The van der Waals surface area contributed by atoms with E-state index in [0.717, 1.165) is 0 Å². The summed E-state index contributed by atoms with van der Waals surface area (Å²) in [6.45, 7) is 13.5. The van der Waals surface area contributed by atoms with Gasteiger partial charge in [0.05, 0.1) is 29.2 Å². The van der Waals surface area contributed by atoms with E-state index in [4.69, 9.17) is 55.0 Å². The topological polar surface area (TPSA) is 209 Å². The monoisotopic (exact) mass is 643 g/mol. The lowest BCUT2D eigenvalue weighted by Gasteiger charge is -2.21. The van der Waals surface area contributed by atoms with Crippen LogP contribution in [-0.4, -0.2) is 46.3 Å². The minimum atomic E-state index is -1.09. The largest absolute Gasteiger partial charge is 0.480 e. The number of halogens is 2. The molecule has 0 unspecified atom stereocenters. The van der Waals surface area contributed by atoms with Crippen LogP contribution in [-0.2, 0) is 23.9 Å². The molecule has 0 radical (unpaired) electrons. The summed E-state index contributed by atoms with van der Waals surface area (Å²) in [6, 6.07) is 8.87. The number of hydrogen-bond acceptors (Lipinski definition) is 9. The van der Waals surface area contributed by atoms with Crippen LogP contribution < -0.4 is 27.8 Å². The summed E-state index contributed by atoms with van der Waals surface area (Å²) in [5.74, 6) is -2.31. The minimum absolute atomic E-state index is 0.0105. The van der Waals surface area contributed by atoms with Crippen molar-refractivity contribution in [1.82, 2.24) is 5.32 Å². The van der Waals surface area contributed by atoms with Crippen molar-refractivity contribution < 1.29 is 33.8 Å². The number of hydrogen-bond donors (Lipinski definition) is 6. The summed E-state index contributed by atoms with van der Waals surface area (Å²) in [5.41, 5.74) is 17.4. The first-order valence-electron chi connectivity index (χ1n) is 13.1. The van der Waals surface area contributed by atoms with Gasteiger partial charge in [0, 0.05) is 16.0 Å². The van der Waals surface area contributed by atoms with Gasteiger partial charge in [-0.15, -0.1) is 0 Å². The maximum atomic E-state index is 12.0. The number of nitrogen functional groups attached to an aromatic ring is 3. The van der Waals surface area contributed by atoms with Crippen molar-refractivity contribution in [2.75, 3.05) is 22.5 Å². The molecule has 0 aliphatic rings. The molecule has 0 bridgehead atoms. The number of amides is 2. The molecular formula is C29H43Cl2N5O7. The molecule has 0 aromatic heterocycles. The van der Waals surface area contributed by atoms with E-state index in [1.807, 2.05) is 0 Å². The van der Waals surface area contributed by atoms with Gasteiger partial charge in [-0.25, -0.2) is 4.79 Å². The Morgan fingerprint density at radius 2 is 1.30 bits per heavy atom. The van der Waals surface area contributed by atoms with E-state index < -0.39 is 41.2 Å². The summed E-state index contributed by atoms with van der Waals surface area (Å²) in [5, 5.41) is 14.4. The normalized spacial score (nSPS) is 12.1. The van der Waals surface area contributed by atoms with Crippen LogP contribution in [0.1, 0.15) is 61.8 Å². The maximum Gasteiger partial charge on any atom is 0.408 e. The standard InChI is InChI=1S/C15H21ClN2O3.C8H15NO4.C6H7ClN2/c1-9(7-13(19)21-15(2,3)4)14(20)18-12-6-5-10(16)8-11(12)17;1-5(6(10)11)9-7(12)13-8(2,3)4;7-4-1-2-5(8)6(9)3-4/h5-6,8-9H,7,17H2,1-4H3,(H,18,20);5H,1-4H3,(H,9,12)(H,10,11);1-3H,8-9H2/t9-;5-;/m10./s1. The maximum absolute atomic E-state index is 12.0. The molecule has 0 aliphatic carbocycles. The molecule has 0 spiro atoms. The van der Waals surface area contributed by atoms with E-state index in [9.17, 15) is 19.2 Å². The third-order valence-electron chi connectivity index (χ3n) is 4.76. The van der Waals surface area contributed by atoms with Crippen LogP contribution in [0.5, 0.6) is 0 Å². The Morgan fingerprint density at radius 3 is 1.72 bits per heavy atom. The summed E-state index contributed by atoms with van der Waals surface area (Å²) in [6.07, 6.45) is -0.709. The lowest BCUT2D eigenvalue weighted by molar-refractivity contribution is -0.156. The van der Waals surface area contributed by atoms with E-state index in [2.05, 4.69) is 10.6 Å². The Morgan fingerprint density at radius 1 is 0.814 bits per heavy atom. The SMILES string of the molecule is C[C@H](CC(=O)OC(C)(C)C)C(=O)Nc1ccc(Cl)cc1N.C[C@H](NC(=O)OC(C)(C)C)C(=O)O.Nc1ccc(Cl)cc1N. The summed E-state index contributed by atoms with van der Waals surface area (Å²) >= 11 is 11.4. The van der Waals surface area contributed by atoms with Crippen LogP contribution in [0.2, 0.25) is 10.0 Å². The molecule has 2 rings (SSSR count). The molecule has 2 aromatic rings. The first kappa shape index (κ1) is 39.1.